The van der Waals surface area contributed by atoms with Crippen LogP contribution in [-0.4, -0.2) is 17.3 Å². The Morgan fingerprint density at radius 3 is 2.62 bits per heavy atom. The Morgan fingerprint density at radius 2 is 1.90 bits per heavy atom. The highest BCUT2D eigenvalue weighted by atomic mass is 19.2. The number of hydrogen-bond acceptors (Lipinski definition) is 4. The van der Waals surface area contributed by atoms with E-state index in [4.69, 9.17) is 4.74 Å². The molecule has 0 amide bonds. The van der Waals surface area contributed by atoms with Crippen LogP contribution in [0.4, 0.5) is 14.5 Å². The number of nitrogens with zero attached hydrogens (tertiary/aromatic N) is 1. The van der Waals surface area contributed by atoms with Gasteiger partial charge in [0.2, 0.25) is 5.82 Å². The number of hydrogen-bond donors (Lipinski definition) is 0. The molecule has 7 heteroatoms. The van der Waals surface area contributed by atoms with Crippen LogP contribution >= 0.6 is 0 Å². The van der Waals surface area contributed by atoms with E-state index in [0.717, 1.165) is 12.1 Å². The second-order valence-corrected chi connectivity index (χ2v) is 4.07. The lowest BCUT2D eigenvalue weighted by Gasteiger charge is -2.06. The van der Waals surface area contributed by atoms with E-state index in [1.54, 1.807) is 0 Å². The van der Waals surface area contributed by atoms with Crippen molar-refractivity contribution in [2.75, 3.05) is 6.61 Å². The van der Waals surface area contributed by atoms with Gasteiger partial charge in [-0.1, -0.05) is 18.2 Å². The van der Waals surface area contributed by atoms with Gasteiger partial charge in [0.15, 0.2) is 24.0 Å². The van der Waals surface area contributed by atoms with Gasteiger partial charge in [0.1, 0.15) is 0 Å². The molecule has 0 radical (unpaired) electrons. The summed E-state index contributed by atoms with van der Waals surface area (Å²) < 4.78 is 31.2. The molecule has 2 rings (SSSR count). The standard InChI is InChI=1S/C14H9F2NO4/c15-11-5-2-6-13(14(11)16)21-8-12(18)9-3-1-4-10(7-9)17(19)20/h1-7H,8H2. The van der Waals surface area contributed by atoms with Crippen LogP contribution in [0.2, 0.25) is 0 Å². The average molecular weight is 293 g/mol. The molecule has 0 heterocycles. The molecule has 0 aliphatic rings. The summed E-state index contributed by atoms with van der Waals surface area (Å²) in [5.74, 6) is -3.25. The first kappa shape index (κ1) is 14.6. The van der Waals surface area contributed by atoms with Crippen molar-refractivity contribution in [1.82, 2.24) is 0 Å². The van der Waals surface area contributed by atoms with Gasteiger partial charge in [-0.2, -0.15) is 4.39 Å². The molecule has 0 atom stereocenters. The lowest BCUT2D eigenvalue weighted by molar-refractivity contribution is -0.384. The van der Waals surface area contributed by atoms with Gasteiger partial charge in [0, 0.05) is 17.7 Å². The number of carbonyl (C=O) groups is 1. The first-order valence-electron chi connectivity index (χ1n) is 5.83. The number of nitro groups is 1. The third-order valence-corrected chi connectivity index (χ3v) is 2.65. The summed E-state index contributed by atoms with van der Waals surface area (Å²) in [6.07, 6.45) is 0. The lowest BCUT2D eigenvalue weighted by atomic mass is 10.1. The smallest absolute Gasteiger partial charge is 0.270 e. The van der Waals surface area contributed by atoms with E-state index in [1.807, 2.05) is 0 Å². The van der Waals surface area contributed by atoms with Crippen molar-refractivity contribution < 1.29 is 23.2 Å². The van der Waals surface area contributed by atoms with Crippen molar-refractivity contribution in [3.63, 3.8) is 0 Å². The molecular weight excluding hydrogens is 284 g/mol. The van der Waals surface area contributed by atoms with Crippen molar-refractivity contribution in [3.05, 3.63) is 69.8 Å². The van der Waals surface area contributed by atoms with Gasteiger partial charge in [0.25, 0.3) is 5.69 Å². The Bertz CT molecular complexity index is 703. The molecule has 2 aromatic carbocycles. The quantitative estimate of drug-likeness (QED) is 0.482. The molecule has 2 aromatic rings. The Balaban J connectivity index is 2.10. The van der Waals surface area contributed by atoms with Gasteiger partial charge in [-0.3, -0.25) is 14.9 Å². The molecule has 0 spiro atoms. The molecule has 0 saturated carbocycles. The number of Topliss-reactive ketones (excluding diaryl/α,β-unsaturated/α-hetero) is 1. The number of ketones is 1. The minimum absolute atomic E-state index is 0.0565. The second kappa shape index (κ2) is 6.08. The van der Waals surface area contributed by atoms with E-state index in [1.165, 1.54) is 30.3 Å². The van der Waals surface area contributed by atoms with Crippen LogP contribution in [0.15, 0.2) is 42.5 Å². The zero-order valence-electron chi connectivity index (χ0n) is 10.6. The summed E-state index contributed by atoms with van der Waals surface area (Å²) in [6.45, 7) is -0.554. The number of halogens is 2. The van der Waals surface area contributed by atoms with Crippen molar-refractivity contribution in [2.45, 2.75) is 0 Å². The van der Waals surface area contributed by atoms with Gasteiger partial charge in [-0.15, -0.1) is 0 Å². The van der Waals surface area contributed by atoms with Crippen molar-refractivity contribution >= 4 is 11.5 Å². The molecule has 0 unspecified atom stereocenters. The minimum Gasteiger partial charge on any atom is -0.482 e. The van der Waals surface area contributed by atoms with Crippen LogP contribution in [0.1, 0.15) is 10.4 Å². The van der Waals surface area contributed by atoms with Gasteiger partial charge in [-0.25, -0.2) is 4.39 Å². The molecule has 21 heavy (non-hydrogen) atoms. The molecule has 0 aliphatic heterocycles. The van der Waals surface area contributed by atoms with Crippen LogP contribution in [0.25, 0.3) is 0 Å². The maximum absolute atomic E-state index is 13.3. The largest absolute Gasteiger partial charge is 0.482 e. The minimum atomic E-state index is -1.19. The van der Waals surface area contributed by atoms with Crippen LogP contribution in [0.3, 0.4) is 0 Å². The molecule has 0 saturated heterocycles. The fourth-order valence-electron chi connectivity index (χ4n) is 1.62. The van der Waals surface area contributed by atoms with Crippen molar-refractivity contribution in [3.8, 4) is 5.75 Å². The van der Waals surface area contributed by atoms with E-state index in [2.05, 4.69) is 0 Å². The molecule has 0 N–H and O–H groups in total. The van der Waals surface area contributed by atoms with Crippen molar-refractivity contribution in [2.24, 2.45) is 0 Å². The lowest BCUT2D eigenvalue weighted by Crippen LogP contribution is -2.12. The van der Waals surface area contributed by atoms with Gasteiger partial charge in [0.05, 0.1) is 4.92 Å². The van der Waals surface area contributed by atoms with E-state index in [0.29, 0.717) is 0 Å². The van der Waals surface area contributed by atoms with Crippen LogP contribution in [-0.2, 0) is 0 Å². The summed E-state index contributed by atoms with van der Waals surface area (Å²) in [5.41, 5.74) is -0.182. The van der Waals surface area contributed by atoms with Crippen LogP contribution in [0.5, 0.6) is 5.75 Å². The van der Waals surface area contributed by atoms with E-state index < -0.39 is 34.7 Å². The predicted molar refractivity (Wildman–Crippen MR) is 69.3 cm³/mol. The Kier molecular flexibility index (Phi) is 4.22. The topological polar surface area (TPSA) is 69.4 Å². The Morgan fingerprint density at radius 1 is 1.19 bits per heavy atom. The van der Waals surface area contributed by atoms with E-state index >= 15 is 0 Å². The number of carbonyl (C=O) groups excluding carboxylic acids is 1. The van der Waals surface area contributed by atoms with E-state index in [-0.39, 0.29) is 11.3 Å². The van der Waals surface area contributed by atoms with Gasteiger partial charge < -0.3 is 4.74 Å². The Labute approximate surface area is 117 Å². The van der Waals surface area contributed by atoms with Gasteiger partial charge in [-0.05, 0) is 12.1 Å². The molecule has 0 aliphatic carbocycles. The fourth-order valence-corrected chi connectivity index (χ4v) is 1.62. The zero-order chi connectivity index (χ0) is 15.4. The zero-order valence-corrected chi connectivity index (χ0v) is 10.6. The fraction of sp³-hybridized carbons (Fsp3) is 0.0714. The highest BCUT2D eigenvalue weighted by Gasteiger charge is 2.14. The third-order valence-electron chi connectivity index (χ3n) is 2.65. The summed E-state index contributed by atoms with van der Waals surface area (Å²) >= 11 is 0. The summed E-state index contributed by atoms with van der Waals surface area (Å²) in [7, 11) is 0. The number of rotatable bonds is 5. The summed E-state index contributed by atoms with van der Waals surface area (Å²) in [5, 5.41) is 10.6. The number of non-ortho nitro benzene ring substituents is 1. The second-order valence-electron chi connectivity index (χ2n) is 4.07. The first-order chi connectivity index (χ1) is 9.99. The SMILES string of the molecule is O=C(COc1cccc(F)c1F)c1cccc([N+](=O)[O-])c1. The van der Waals surface area contributed by atoms with Crippen molar-refractivity contribution in [1.29, 1.82) is 0 Å². The molecule has 0 bridgehead atoms. The summed E-state index contributed by atoms with van der Waals surface area (Å²) in [4.78, 5) is 21.8. The number of nitro benzene ring substituents is 1. The Hall–Kier alpha value is -2.83. The first-order valence-corrected chi connectivity index (χ1v) is 5.83. The molecular formula is C14H9F2NO4. The highest BCUT2D eigenvalue weighted by Crippen LogP contribution is 2.20. The molecule has 0 aromatic heterocycles. The van der Waals surface area contributed by atoms with Crippen LogP contribution in [0, 0.1) is 21.7 Å². The van der Waals surface area contributed by atoms with Gasteiger partial charge >= 0.3 is 0 Å². The monoisotopic (exact) mass is 293 g/mol. The predicted octanol–water partition coefficient (Wildman–Crippen LogP) is 3.13. The number of ether oxygens (including phenoxy) is 1. The highest BCUT2D eigenvalue weighted by molar-refractivity contribution is 5.97. The molecule has 0 fully saturated rings. The average Bonchev–Trinajstić information content (AvgIpc) is 2.48. The number of benzene rings is 2. The molecule has 5 nitrogen and oxygen atoms in total. The maximum Gasteiger partial charge on any atom is 0.270 e. The normalized spacial score (nSPS) is 10.2. The van der Waals surface area contributed by atoms with Crippen LogP contribution < -0.4 is 4.74 Å². The summed E-state index contributed by atoms with van der Waals surface area (Å²) in [6, 6.07) is 8.40. The maximum atomic E-state index is 13.3. The molecule has 108 valence electrons. The third kappa shape index (κ3) is 3.38. The van der Waals surface area contributed by atoms with E-state index in [9.17, 15) is 23.7 Å².